The third-order valence-electron chi connectivity index (χ3n) is 12.5. The van der Waals surface area contributed by atoms with Gasteiger partial charge in [-0.2, -0.15) is 0 Å². The van der Waals surface area contributed by atoms with Crippen LogP contribution in [0.1, 0.15) is 130 Å². The van der Waals surface area contributed by atoms with Crippen molar-refractivity contribution in [1.82, 2.24) is 14.3 Å². The predicted octanol–water partition coefficient (Wildman–Crippen LogP) is 12.8. The first-order valence-corrected chi connectivity index (χ1v) is 22.3. The van der Waals surface area contributed by atoms with E-state index in [1.54, 1.807) is 0 Å². The minimum Gasteiger partial charge on any atom is -0.513 e. The van der Waals surface area contributed by atoms with Gasteiger partial charge >= 0.3 is 28.0 Å². The van der Waals surface area contributed by atoms with Gasteiger partial charge in [0.15, 0.2) is 0 Å². The van der Waals surface area contributed by atoms with E-state index in [0.717, 1.165) is 49.8 Å². The zero-order valence-electron chi connectivity index (χ0n) is 39.3. The summed E-state index contributed by atoms with van der Waals surface area (Å²) < 4.78 is 6.43. The van der Waals surface area contributed by atoms with Gasteiger partial charge in [0.05, 0.1) is 11.2 Å². The zero-order valence-corrected chi connectivity index (χ0v) is 41.6. The molecule has 2 heterocycles. The van der Waals surface area contributed by atoms with Crippen molar-refractivity contribution in [2.24, 2.45) is 0 Å². The Bertz CT molecular complexity index is 2910. The molecule has 8 rings (SSSR count). The van der Waals surface area contributed by atoms with E-state index in [1.807, 2.05) is 10.6 Å². The molecule has 2 aromatic heterocycles. The quantitative estimate of drug-likeness (QED) is 0.122. The largest absolute Gasteiger partial charge is 2.00 e. The molecule has 0 aliphatic heterocycles. The number of hydrogen-bond donors (Lipinski definition) is 1. The smallest absolute Gasteiger partial charge is 0.513 e. The molecule has 0 saturated heterocycles. The standard InChI is InChI=1S/C56H62BN4O.Pt/c1-36(2)43-25-20-26-44(37(3)4)51(43)38-29-30-47-45(32-38)52(39-21-19-22-40(31-39)54(5,6)7)58-61(47)57(42-23-15-14-16-24-42)60-35-59(48-27-17-18-28-49(48)60)50-34-41(55(8,9)10)33-46(53(50)62)56(11,12)13;/h14-20,22-34,36-37,62H,1-13H3;/q-1;+2. The van der Waals surface area contributed by atoms with E-state index in [4.69, 9.17) is 5.10 Å². The molecular weight excluding hydrogens is 951 g/mol. The summed E-state index contributed by atoms with van der Waals surface area (Å²) in [5.74, 6) is 0.975. The molecule has 0 saturated carbocycles. The van der Waals surface area contributed by atoms with E-state index in [9.17, 15) is 5.11 Å². The molecule has 7 heteroatoms. The Kier molecular flexibility index (Phi) is 12.4. The van der Waals surface area contributed by atoms with Crippen LogP contribution in [0.2, 0.25) is 0 Å². The number of rotatable bonds is 8. The van der Waals surface area contributed by atoms with Crippen LogP contribution in [0.3, 0.4) is 0 Å². The first-order valence-electron chi connectivity index (χ1n) is 22.3. The van der Waals surface area contributed by atoms with Crippen LogP contribution in [0.4, 0.5) is 0 Å². The number of phenols is 1. The summed E-state index contributed by atoms with van der Waals surface area (Å²) in [4.78, 5) is 0. The van der Waals surface area contributed by atoms with Crippen molar-refractivity contribution in [2.45, 2.75) is 118 Å². The second-order valence-corrected chi connectivity index (χ2v) is 20.9. The van der Waals surface area contributed by atoms with Gasteiger partial charge in [0.25, 0.3) is 0 Å². The molecule has 0 radical (unpaired) electrons. The molecule has 0 amide bonds. The topological polar surface area (TPSA) is 46.9 Å². The first kappa shape index (κ1) is 45.8. The van der Waals surface area contributed by atoms with Crippen LogP contribution in [0.5, 0.6) is 5.75 Å². The molecule has 63 heavy (non-hydrogen) atoms. The molecule has 0 aliphatic rings. The number of phenolic OH excluding ortho intramolecular Hbond substituents is 1. The molecular formula is C56H62BN4OPt+. The van der Waals surface area contributed by atoms with Gasteiger partial charge in [0.1, 0.15) is 5.75 Å². The second kappa shape index (κ2) is 17.1. The van der Waals surface area contributed by atoms with Crippen LogP contribution >= 0.6 is 0 Å². The Morgan fingerprint density at radius 2 is 1.29 bits per heavy atom. The summed E-state index contributed by atoms with van der Waals surface area (Å²) in [6.45, 7) is 28.6. The normalized spacial score (nSPS) is 12.4. The van der Waals surface area contributed by atoms with Gasteiger partial charge in [-0.1, -0.05) is 187 Å². The first-order chi connectivity index (χ1) is 29.2. The molecule has 6 aromatic carbocycles. The van der Waals surface area contributed by atoms with Gasteiger partial charge in [-0.25, -0.2) is 5.10 Å². The predicted molar refractivity (Wildman–Crippen MR) is 260 cm³/mol. The van der Waals surface area contributed by atoms with Gasteiger partial charge in [-0.3, -0.25) is 4.59 Å². The molecule has 0 fully saturated rings. The summed E-state index contributed by atoms with van der Waals surface area (Å²) in [6.07, 6.45) is 3.83. The Morgan fingerprint density at radius 3 is 1.90 bits per heavy atom. The Labute approximate surface area is 390 Å². The van der Waals surface area contributed by atoms with Crippen molar-refractivity contribution in [2.75, 3.05) is 0 Å². The van der Waals surface area contributed by atoms with E-state index < -0.39 is 6.98 Å². The maximum Gasteiger partial charge on any atom is 2.00 e. The number of imidazole rings is 1. The molecule has 5 nitrogen and oxygen atoms in total. The summed E-state index contributed by atoms with van der Waals surface area (Å²) in [6, 6.07) is 47.1. The van der Waals surface area contributed by atoms with E-state index in [1.165, 1.54) is 27.8 Å². The number of para-hydroxylation sites is 2. The number of aromatic hydroxyl groups is 1. The minimum absolute atomic E-state index is 0. The molecule has 8 aromatic rings. The molecule has 0 atom stereocenters. The Morgan fingerprint density at radius 1 is 0.651 bits per heavy atom. The van der Waals surface area contributed by atoms with Gasteiger partial charge in [-0.15, -0.1) is 35.4 Å². The SMILES string of the molecule is CC(C)c1cccc(C(C)C)c1-c1ccc2c(c1)c(-c1[c-]ccc(C(C)(C)C)c1)nn2B(c1ccccc1)[n+]1[c-]n(-c2cc(C(C)(C)C)cc(C(C)(C)C)c2O)c2ccccc21.[Pt+2]. The Balaban J connectivity index is 0.00000595. The number of fused-ring (bicyclic) bond motifs is 2. The maximum absolute atomic E-state index is 12.2. The van der Waals surface area contributed by atoms with E-state index in [0.29, 0.717) is 17.5 Å². The van der Waals surface area contributed by atoms with Gasteiger partial charge in [0, 0.05) is 16.7 Å². The Hall–Kier alpha value is -5.19. The second-order valence-electron chi connectivity index (χ2n) is 20.9. The summed E-state index contributed by atoms with van der Waals surface area (Å²) in [7, 11) is 0. The molecule has 0 bridgehead atoms. The number of nitrogens with zero attached hydrogens (tertiary/aromatic N) is 4. The fourth-order valence-electron chi connectivity index (χ4n) is 8.90. The van der Waals surface area contributed by atoms with Crippen LogP contribution in [0.25, 0.3) is 50.0 Å². The maximum atomic E-state index is 12.2. The monoisotopic (exact) mass is 1010 g/mol. The van der Waals surface area contributed by atoms with Crippen molar-refractivity contribution in [1.29, 1.82) is 0 Å². The third kappa shape index (κ3) is 8.61. The zero-order chi connectivity index (χ0) is 44.5. The minimum atomic E-state index is -0.445. The van der Waals surface area contributed by atoms with E-state index in [2.05, 4.69) is 227 Å². The summed E-state index contributed by atoms with van der Waals surface area (Å²) in [5, 5.41) is 19.0. The van der Waals surface area contributed by atoms with Crippen molar-refractivity contribution in [3.05, 3.63) is 162 Å². The van der Waals surface area contributed by atoms with Gasteiger partial charge < -0.3 is 14.2 Å². The summed E-state index contributed by atoms with van der Waals surface area (Å²) in [5.41, 5.74) is 14.5. The number of aromatic nitrogens is 4. The van der Waals surface area contributed by atoms with Crippen LogP contribution < -0.4 is 9.94 Å². The fourth-order valence-corrected chi connectivity index (χ4v) is 8.90. The molecule has 0 unspecified atom stereocenters. The van der Waals surface area contributed by atoms with Crippen LogP contribution in [0, 0.1) is 12.4 Å². The van der Waals surface area contributed by atoms with Crippen molar-refractivity contribution >= 4 is 34.4 Å². The fraction of sp³-hybridized carbons (Fsp3) is 0.321. The molecule has 1 N–H and O–H groups in total. The van der Waals surface area contributed by atoms with Crippen LogP contribution in [-0.4, -0.2) is 26.3 Å². The van der Waals surface area contributed by atoms with Crippen molar-refractivity contribution in [3.8, 4) is 33.8 Å². The average molecular weight is 1010 g/mol. The molecule has 0 aliphatic carbocycles. The van der Waals surface area contributed by atoms with Gasteiger partial charge in [-0.05, 0) is 78.4 Å². The van der Waals surface area contributed by atoms with Gasteiger partial charge in [0.2, 0.25) is 6.33 Å². The molecule has 0 spiro atoms. The van der Waals surface area contributed by atoms with E-state index in [-0.39, 0.29) is 43.1 Å². The number of benzene rings is 6. The number of hydrogen-bond acceptors (Lipinski definition) is 2. The van der Waals surface area contributed by atoms with E-state index >= 15 is 0 Å². The molecule has 324 valence electrons. The van der Waals surface area contributed by atoms with Crippen molar-refractivity contribution < 1.29 is 30.6 Å². The summed E-state index contributed by atoms with van der Waals surface area (Å²) >= 11 is 0. The van der Waals surface area contributed by atoms with Crippen molar-refractivity contribution in [3.63, 3.8) is 0 Å². The van der Waals surface area contributed by atoms with Crippen LogP contribution in [-0.2, 0) is 37.3 Å². The third-order valence-corrected chi connectivity index (χ3v) is 12.5. The van der Waals surface area contributed by atoms with Crippen LogP contribution in [0.15, 0.2) is 121 Å². The average Bonchev–Trinajstić information content (AvgIpc) is 3.79.